The Balaban J connectivity index is 2.04. The molecule has 1 heterocycles. The Labute approximate surface area is 116 Å². The van der Waals surface area contributed by atoms with Crippen molar-refractivity contribution in [2.24, 2.45) is 7.05 Å². The Morgan fingerprint density at radius 1 is 1.30 bits per heavy atom. The fourth-order valence-electron chi connectivity index (χ4n) is 1.98. The summed E-state index contributed by atoms with van der Waals surface area (Å²) >= 11 is 0. The summed E-state index contributed by atoms with van der Waals surface area (Å²) in [7, 11) is 3.83. The molecule has 0 saturated carbocycles. The summed E-state index contributed by atoms with van der Waals surface area (Å²) in [5.74, 6) is 1.13. The van der Waals surface area contributed by atoms with E-state index in [2.05, 4.69) is 9.72 Å². The van der Waals surface area contributed by atoms with Gasteiger partial charge in [-0.2, -0.15) is 8.78 Å². The average Bonchev–Trinajstić information content (AvgIpc) is 2.77. The number of ether oxygens (including phenoxy) is 1. The summed E-state index contributed by atoms with van der Waals surface area (Å²) in [5.41, 5.74) is 0.726. The molecule has 6 heteroatoms. The Morgan fingerprint density at radius 2 is 2.05 bits per heavy atom. The predicted octanol–water partition coefficient (Wildman–Crippen LogP) is 2.65. The molecule has 1 aromatic carbocycles. The lowest BCUT2D eigenvalue weighted by Gasteiger charge is -2.18. The van der Waals surface area contributed by atoms with Gasteiger partial charge < -0.3 is 9.30 Å². The lowest BCUT2D eigenvalue weighted by Crippen LogP contribution is -2.20. The van der Waals surface area contributed by atoms with Crippen LogP contribution < -0.4 is 4.74 Å². The number of alkyl halides is 2. The molecule has 20 heavy (non-hydrogen) atoms. The molecule has 0 aliphatic rings. The van der Waals surface area contributed by atoms with E-state index in [1.54, 1.807) is 24.4 Å². The first kappa shape index (κ1) is 14.5. The molecule has 4 nitrogen and oxygen atoms in total. The molecule has 0 unspecified atom stereocenters. The largest absolute Gasteiger partial charge is 0.434 e. The fourth-order valence-corrected chi connectivity index (χ4v) is 1.98. The summed E-state index contributed by atoms with van der Waals surface area (Å²) in [6, 6.07) is 6.82. The zero-order valence-corrected chi connectivity index (χ0v) is 11.5. The van der Waals surface area contributed by atoms with Crippen molar-refractivity contribution in [1.29, 1.82) is 0 Å². The maximum atomic E-state index is 12.3. The van der Waals surface area contributed by atoms with Crippen LogP contribution >= 0.6 is 0 Å². The quantitative estimate of drug-likeness (QED) is 0.815. The first-order chi connectivity index (χ1) is 9.56. The van der Waals surface area contributed by atoms with Gasteiger partial charge in [0.05, 0.1) is 6.54 Å². The van der Waals surface area contributed by atoms with Gasteiger partial charge in [0.1, 0.15) is 11.6 Å². The molecule has 0 amide bonds. The minimum atomic E-state index is -2.81. The summed E-state index contributed by atoms with van der Waals surface area (Å²) < 4.78 is 31.1. The fraction of sp³-hybridized carbons (Fsp3) is 0.357. The van der Waals surface area contributed by atoms with Crippen molar-refractivity contribution in [2.75, 3.05) is 7.05 Å². The minimum absolute atomic E-state index is 0.217. The van der Waals surface area contributed by atoms with Crippen molar-refractivity contribution >= 4 is 0 Å². The number of imidazole rings is 1. The van der Waals surface area contributed by atoms with E-state index < -0.39 is 6.61 Å². The second-order valence-corrected chi connectivity index (χ2v) is 4.61. The summed E-state index contributed by atoms with van der Waals surface area (Å²) in [6.07, 6.45) is 3.61. The van der Waals surface area contributed by atoms with Crippen molar-refractivity contribution in [3.63, 3.8) is 0 Å². The second kappa shape index (κ2) is 6.47. The molecule has 108 valence electrons. The van der Waals surface area contributed by atoms with E-state index in [1.807, 2.05) is 35.8 Å². The number of para-hydroxylation sites is 1. The average molecular weight is 281 g/mol. The molecule has 0 N–H and O–H groups in total. The van der Waals surface area contributed by atoms with Crippen molar-refractivity contribution in [2.45, 2.75) is 19.7 Å². The number of nitrogens with zero attached hydrogens (tertiary/aromatic N) is 3. The van der Waals surface area contributed by atoms with Crippen LogP contribution in [0.3, 0.4) is 0 Å². The van der Waals surface area contributed by atoms with Crippen LogP contribution in [0.5, 0.6) is 5.75 Å². The maximum Gasteiger partial charge on any atom is 0.387 e. The number of benzene rings is 1. The maximum absolute atomic E-state index is 12.3. The molecule has 2 aromatic rings. The number of aryl methyl sites for hydroxylation is 1. The van der Waals surface area contributed by atoms with Gasteiger partial charge in [-0.1, -0.05) is 18.2 Å². The van der Waals surface area contributed by atoms with Gasteiger partial charge in [-0.3, -0.25) is 4.90 Å². The number of halogens is 2. The van der Waals surface area contributed by atoms with Crippen LogP contribution in [0.25, 0.3) is 0 Å². The molecule has 2 rings (SSSR count). The van der Waals surface area contributed by atoms with E-state index in [0.29, 0.717) is 13.1 Å². The monoisotopic (exact) mass is 281 g/mol. The highest BCUT2D eigenvalue weighted by Gasteiger charge is 2.12. The Kier molecular flexibility index (Phi) is 4.68. The van der Waals surface area contributed by atoms with Crippen molar-refractivity contribution in [3.05, 3.63) is 48.0 Å². The van der Waals surface area contributed by atoms with Crippen molar-refractivity contribution < 1.29 is 13.5 Å². The number of rotatable bonds is 6. The molecular formula is C14H17F2N3O. The lowest BCUT2D eigenvalue weighted by atomic mass is 10.2. The first-order valence-electron chi connectivity index (χ1n) is 6.23. The minimum Gasteiger partial charge on any atom is -0.434 e. The van der Waals surface area contributed by atoms with E-state index in [4.69, 9.17) is 0 Å². The van der Waals surface area contributed by atoms with Gasteiger partial charge in [-0.05, 0) is 13.1 Å². The summed E-state index contributed by atoms with van der Waals surface area (Å²) in [4.78, 5) is 6.23. The molecular weight excluding hydrogens is 264 g/mol. The Hall–Kier alpha value is -1.95. The third-order valence-electron chi connectivity index (χ3n) is 2.96. The van der Waals surface area contributed by atoms with Crippen LogP contribution in [-0.2, 0) is 20.1 Å². The van der Waals surface area contributed by atoms with Crippen LogP contribution in [0.1, 0.15) is 11.4 Å². The van der Waals surface area contributed by atoms with Gasteiger partial charge in [0.15, 0.2) is 0 Å². The highest BCUT2D eigenvalue weighted by molar-refractivity contribution is 5.33. The van der Waals surface area contributed by atoms with Gasteiger partial charge in [0.25, 0.3) is 0 Å². The van der Waals surface area contributed by atoms with Gasteiger partial charge >= 0.3 is 6.61 Å². The standard InChI is InChI=1S/C14H17F2N3O/c1-18(10-13-17-7-8-19(13)2)9-11-5-3-4-6-12(11)20-14(15)16/h3-8,14H,9-10H2,1-2H3. The second-order valence-electron chi connectivity index (χ2n) is 4.61. The number of hydrogen-bond donors (Lipinski definition) is 0. The number of hydrogen-bond acceptors (Lipinski definition) is 3. The molecule has 0 atom stereocenters. The molecule has 1 aromatic heterocycles. The predicted molar refractivity (Wildman–Crippen MR) is 71.5 cm³/mol. The van der Waals surface area contributed by atoms with Crippen LogP contribution in [0.4, 0.5) is 8.78 Å². The van der Waals surface area contributed by atoms with Crippen LogP contribution in [0.15, 0.2) is 36.7 Å². The highest BCUT2D eigenvalue weighted by atomic mass is 19.3. The third-order valence-corrected chi connectivity index (χ3v) is 2.96. The van der Waals surface area contributed by atoms with E-state index >= 15 is 0 Å². The van der Waals surface area contributed by atoms with E-state index in [0.717, 1.165) is 11.4 Å². The van der Waals surface area contributed by atoms with Gasteiger partial charge in [0.2, 0.25) is 0 Å². The highest BCUT2D eigenvalue weighted by Crippen LogP contribution is 2.21. The van der Waals surface area contributed by atoms with Gasteiger partial charge in [-0.15, -0.1) is 0 Å². The lowest BCUT2D eigenvalue weighted by molar-refractivity contribution is -0.0507. The Bertz CT molecular complexity index is 557. The van der Waals surface area contributed by atoms with E-state index in [1.165, 1.54) is 0 Å². The first-order valence-corrected chi connectivity index (χ1v) is 6.23. The van der Waals surface area contributed by atoms with Crippen molar-refractivity contribution in [3.8, 4) is 5.75 Å². The van der Waals surface area contributed by atoms with E-state index in [-0.39, 0.29) is 5.75 Å². The number of aromatic nitrogens is 2. The summed E-state index contributed by atoms with van der Waals surface area (Å²) in [6.45, 7) is -1.67. The van der Waals surface area contributed by atoms with Gasteiger partial charge in [-0.25, -0.2) is 4.98 Å². The van der Waals surface area contributed by atoms with Crippen molar-refractivity contribution in [1.82, 2.24) is 14.5 Å². The zero-order valence-electron chi connectivity index (χ0n) is 11.5. The Morgan fingerprint density at radius 3 is 2.70 bits per heavy atom. The molecule has 0 aliphatic heterocycles. The molecule has 0 saturated heterocycles. The zero-order chi connectivity index (χ0) is 14.5. The normalized spacial score (nSPS) is 11.3. The summed E-state index contributed by atoms with van der Waals surface area (Å²) in [5, 5.41) is 0. The molecule has 0 radical (unpaired) electrons. The van der Waals surface area contributed by atoms with Gasteiger partial charge in [0, 0.05) is 31.5 Å². The molecule has 0 bridgehead atoms. The molecule has 0 aliphatic carbocycles. The van der Waals surface area contributed by atoms with Crippen LogP contribution in [-0.4, -0.2) is 28.1 Å². The third kappa shape index (κ3) is 3.77. The molecule has 0 spiro atoms. The topological polar surface area (TPSA) is 30.3 Å². The SMILES string of the molecule is CN(Cc1ccccc1OC(F)F)Cc1nccn1C. The van der Waals surface area contributed by atoms with Crippen LogP contribution in [0, 0.1) is 0 Å². The molecule has 0 fully saturated rings. The van der Waals surface area contributed by atoms with E-state index in [9.17, 15) is 8.78 Å². The smallest absolute Gasteiger partial charge is 0.387 e. The van der Waals surface area contributed by atoms with Crippen LogP contribution in [0.2, 0.25) is 0 Å².